The monoisotopic (exact) mass is 419 g/mol. The van der Waals surface area contributed by atoms with Crippen LogP contribution < -0.4 is 14.2 Å². The fourth-order valence-corrected chi connectivity index (χ4v) is 2.50. The van der Waals surface area contributed by atoms with E-state index >= 15 is 0 Å². The molecule has 0 saturated heterocycles. The van der Waals surface area contributed by atoms with Gasteiger partial charge in [-0.1, -0.05) is 6.07 Å². The van der Waals surface area contributed by atoms with Crippen molar-refractivity contribution in [2.24, 2.45) is 7.05 Å². The molecule has 162 valence electrons. The summed E-state index contributed by atoms with van der Waals surface area (Å²) in [6, 6.07) is 3.90. The SMILES string of the molecule is COc1ccc(CN(C)Cc2cnn(C)c2)c(OC)c1OC.O=C(O)C(F)(F)F. The summed E-state index contributed by atoms with van der Waals surface area (Å²) in [5.74, 6) is -0.761. The Morgan fingerprint density at radius 2 is 1.72 bits per heavy atom. The molecule has 1 aromatic heterocycles. The number of aryl methyl sites for hydroxylation is 1. The normalized spacial score (nSPS) is 10.9. The van der Waals surface area contributed by atoms with Crippen molar-refractivity contribution in [2.75, 3.05) is 28.4 Å². The topological polar surface area (TPSA) is 86.0 Å². The fourth-order valence-electron chi connectivity index (χ4n) is 2.50. The van der Waals surface area contributed by atoms with Gasteiger partial charge in [-0.05, 0) is 13.1 Å². The number of alkyl halides is 3. The zero-order valence-corrected chi connectivity index (χ0v) is 16.8. The molecule has 0 unspecified atom stereocenters. The van der Waals surface area contributed by atoms with Crippen LogP contribution in [0.15, 0.2) is 24.5 Å². The maximum absolute atomic E-state index is 10.6. The van der Waals surface area contributed by atoms with E-state index in [1.807, 2.05) is 31.6 Å². The highest BCUT2D eigenvalue weighted by Gasteiger charge is 2.38. The van der Waals surface area contributed by atoms with E-state index in [9.17, 15) is 13.2 Å². The summed E-state index contributed by atoms with van der Waals surface area (Å²) in [4.78, 5) is 11.1. The van der Waals surface area contributed by atoms with Crippen molar-refractivity contribution >= 4 is 5.97 Å². The van der Waals surface area contributed by atoms with Gasteiger partial charge in [-0.15, -0.1) is 0 Å². The van der Waals surface area contributed by atoms with E-state index in [-0.39, 0.29) is 0 Å². The summed E-state index contributed by atoms with van der Waals surface area (Å²) in [6.07, 6.45) is -1.19. The molecule has 0 bridgehead atoms. The van der Waals surface area contributed by atoms with Crippen molar-refractivity contribution in [1.29, 1.82) is 0 Å². The standard InChI is InChI=1S/C16H23N3O3.C2HF3O2/c1-18(9-12-8-17-19(2)10-12)11-13-6-7-14(20-3)16(22-5)15(13)21-4;3-2(4,5)1(6)7/h6-8,10H,9,11H2,1-5H3;(H,6,7). The molecular weight excluding hydrogens is 395 g/mol. The quantitative estimate of drug-likeness (QED) is 0.739. The van der Waals surface area contributed by atoms with Gasteiger partial charge >= 0.3 is 12.1 Å². The molecule has 2 aromatic rings. The first-order valence-electron chi connectivity index (χ1n) is 8.27. The average Bonchev–Trinajstić information content (AvgIpc) is 3.05. The van der Waals surface area contributed by atoms with Crippen molar-refractivity contribution in [3.05, 3.63) is 35.7 Å². The molecule has 0 spiro atoms. The summed E-state index contributed by atoms with van der Waals surface area (Å²) >= 11 is 0. The van der Waals surface area contributed by atoms with Crippen molar-refractivity contribution in [3.63, 3.8) is 0 Å². The third kappa shape index (κ3) is 7.18. The number of ether oxygens (including phenoxy) is 3. The summed E-state index contributed by atoms with van der Waals surface area (Å²) in [5, 5.41) is 11.3. The van der Waals surface area contributed by atoms with Gasteiger partial charge in [0.15, 0.2) is 11.5 Å². The molecular formula is C18H24F3N3O5. The highest BCUT2D eigenvalue weighted by molar-refractivity contribution is 5.73. The second-order valence-corrected chi connectivity index (χ2v) is 5.99. The van der Waals surface area contributed by atoms with Crippen LogP contribution in [0.1, 0.15) is 11.1 Å². The summed E-state index contributed by atoms with van der Waals surface area (Å²) in [7, 11) is 8.85. The molecule has 0 radical (unpaired) electrons. The molecule has 0 aliphatic heterocycles. The Hall–Kier alpha value is -2.95. The van der Waals surface area contributed by atoms with Gasteiger partial charge in [0, 0.05) is 37.5 Å². The average molecular weight is 419 g/mol. The lowest BCUT2D eigenvalue weighted by atomic mass is 10.1. The highest BCUT2D eigenvalue weighted by Crippen LogP contribution is 2.40. The number of halogens is 3. The van der Waals surface area contributed by atoms with Crippen LogP contribution in [0.25, 0.3) is 0 Å². The van der Waals surface area contributed by atoms with Crippen LogP contribution in [-0.4, -0.2) is 60.3 Å². The number of aromatic nitrogens is 2. The maximum atomic E-state index is 10.6. The van der Waals surface area contributed by atoms with E-state index in [1.165, 1.54) is 5.56 Å². The van der Waals surface area contributed by atoms with E-state index < -0.39 is 12.1 Å². The van der Waals surface area contributed by atoms with E-state index in [4.69, 9.17) is 24.1 Å². The molecule has 1 heterocycles. The van der Waals surface area contributed by atoms with Crippen LogP contribution >= 0.6 is 0 Å². The third-order valence-corrected chi connectivity index (χ3v) is 3.68. The molecule has 1 aromatic carbocycles. The Balaban J connectivity index is 0.000000516. The summed E-state index contributed by atoms with van der Waals surface area (Å²) < 4.78 is 49.8. The van der Waals surface area contributed by atoms with Crippen molar-refractivity contribution in [1.82, 2.24) is 14.7 Å². The first-order chi connectivity index (χ1) is 13.5. The zero-order valence-electron chi connectivity index (χ0n) is 16.8. The highest BCUT2D eigenvalue weighted by atomic mass is 19.4. The Kier molecular flexibility index (Phi) is 8.77. The van der Waals surface area contributed by atoms with E-state index in [0.29, 0.717) is 17.2 Å². The Bertz CT molecular complexity index is 809. The van der Waals surface area contributed by atoms with Crippen LogP contribution in [-0.2, 0) is 24.9 Å². The molecule has 0 atom stereocenters. The molecule has 1 N–H and O–H groups in total. The predicted octanol–water partition coefficient (Wildman–Crippen LogP) is 2.71. The predicted molar refractivity (Wildman–Crippen MR) is 98.2 cm³/mol. The summed E-state index contributed by atoms with van der Waals surface area (Å²) in [6.45, 7) is 1.55. The number of rotatable bonds is 7. The van der Waals surface area contributed by atoms with Gasteiger partial charge in [0.05, 0.1) is 27.5 Å². The number of carbonyl (C=O) groups is 1. The molecule has 0 amide bonds. The first-order valence-corrected chi connectivity index (χ1v) is 8.27. The molecule has 0 aliphatic carbocycles. The largest absolute Gasteiger partial charge is 0.493 e. The van der Waals surface area contributed by atoms with Gasteiger partial charge in [0.2, 0.25) is 5.75 Å². The van der Waals surface area contributed by atoms with Crippen molar-refractivity contribution in [3.8, 4) is 17.2 Å². The van der Waals surface area contributed by atoms with Crippen LogP contribution in [0, 0.1) is 0 Å². The van der Waals surface area contributed by atoms with Gasteiger partial charge in [0.25, 0.3) is 0 Å². The second-order valence-electron chi connectivity index (χ2n) is 5.99. The lowest BCUT2D eigenvalue weighted by molar-refractivity contribution is -0.192. The van der Waals surface area contributed by atoms with Crippen LogP contribution in [0.2, 0.25) is 0 Å². The van der Waals surface area contributed by atoms with Crippen LogP contribution in [0.5, 0.6) is 17.2 Å². The number of nitrogens with zero attached hydrogens (tertiary/aromatic N) is 3. The van der Waals surface area contributed by atoms with Crippen LogP contribution in [0.4, 0.5) is 13.2 Å². The van der Waals surface area contributed by atoms with Crippen molar-refractivity contribution < 1.29 is 37.3 Å². The van der Waals surface area contributed by atoms with Crippen LogP contribution in [0.3, 0.4) is 0 Å². The molecule has 11 heteroatoms. The Morgan fingerprint density at radius 3 is 2.14 bits per heavy atom. The number of carboxylic acid groups (broad SMARTS) is 1. The molecule has 2 rings (SSSR count). The molecule has 0 fully saturated rings. The molecule has 0 aliphatic rings. The van der Waals surface area contributed by atoms with Gasteiger partial charge < -0.3 is 19.3 Å². The lowest BCUT2D eigenvalue weighted by Crippen LogP contribution is -2.21. The number of aliphatic carboxylic acids is 1. The molecule has 0 saturated carbocycles. The van der Waals surface area contributed by atoms with E-state index in [1.54, 1.807) is 26.0 Å². The molecule has 29 heavy (non-hydrogen) atoms. The second kappa shape index (κ2) is 10.6. The number of benzene rings is 1. The zero-order chi connectivity index (χ0) is 22.2. The Labute approximate surface area is 166 Å². The van der Waals surface area contributed by atoms with E-state index in [0.717, 1.165) is 18.7 Å². The van der Waals surface area contributed by atoms with Gasteiger partial charge in [-0.2, -0.15) is 18.3 Å². The number of hydrogen-bond acceptors (Lipinski definition) is 6. The van der Waals surface area contributed by atoms with Crippen molar-refractivity contribution in [2.45, 2.75) is 19.3 Å². The van der Waals surface area contributed by atoms with E-state index in [2.05, 4.69) is 17.0 Å². The third-order valence-electron chi connectivity index (χ3n) is 3.68. The number of carboxylic acids is 1. The number of methoxy groups -OCH3 is 3. The van der Waals surface area contributed by atoms with Gasteiger partial charge in [0.1, 0.15) is 0 Å². The molecule has 8 nitrogen and oxygen atoms in total. The van der Waals surface area contributed by atoms with Gasteiger partial charge in [-0.25, -0.2) is 4.79 Å². The fraction of sp³-hybridized carbons (Fsp3) is 0.444. The minimum absolute atomic E-state index is 0.622. The number of hydrogen-bond donors (Lipinski definition) is 1. The lowest BCUT2D eigenvalue weighted by Gasteiger charge is -2.20. The minimum atomic E-state index is -5.08. The van der Waals surface area contributed by atoms with Gasteiger partial charge in [-0.3, -0.25) is 9.58 Å². The summed E-state index contributed by atoms with van der Waals surface area (Å²) in [5.41, 5.74) is 2.22. The smallest absolute Gasteiger partial charge is 0.490 e. The maximum Gasteiger partial charge on any atom is 0.490 e. The Morgan fingerprint density at radius 1 is 1.14 bits per heavy atom. The minimum Gasteiger partial charge on any atom is -0.493 e. The first kappa shape index (κ1) is 24.1.